The lowest BCUT2D eigenvalue weighted by atomic mass is 9.79. The van der Waals surface area contributed by atoms with Crippen molar-refractivity contribution < 1.29 is 9.59 Å². The molecule has 5 rings (SSSR count). The molecule has 6 heteroatoms. The van der Waals surface area contributed by atoms with Gasteiger partial charge in [-0.25, -0.2) is 4.98 Å². The molecule has 1 fully saturated rings. The number of imidazole rings is 1. The smallest absolute Gasteiger partial charge is 0.244 e. The number of nitrogens with one attached hydrogen (secondary N) is 1. The Labute approximate surface area is 191 Å². The highest BCUT2D eigenvalue weighted by Crippen LogP contribution is 2.42. The number of likely N-dealkylation sites (tertiary alicyclic amines) is 1. The Morgan fingerprint density at radius 2 is 1.72 bits per heavy atom. The Balaban J connectivity index is 1.63. The molecule has 1 N–H and O–H groups in total. The molecule has 5 nitrogen and oxygen atoms in total. The van der Waals surface area contributed by atoms with Crippen molar-refractivity contribution in [2.45, 2.75) is 31.2 Å². The number of carbonyl (C=O) groups is 2. The number of aromatic amines is 1. The van der Waals surface area contributed by atoms with E-state index in [1.807, 2.05) is 73.7 Å². The number of hydrogen-bond acceptors (Lipinski definition) is 3. The second-order valence-corrected chi connectivity index (χ2v) is 8.76. The van der Waals surface area contributed by atoms with Gasteiger partial charge in [0.25, 0.3) is 0 Å². The van der Waals surface area contributed by atoms with Crippen LogP contribution in [0.5, 0.6) is 0 Å². The maximum atomic E-state index is 14.0. The summed E-state index contributed by atoms with van der Waals surface area (Å²) >= 11 is 6.16. The molecule has 0 unspecified atom stereocenters. The van der Waals surface area contributed by atoms with E-state index < -0.39 is 5.41 Å². The average molecular weight is 444 g/mol. The van der Waals surface area contributed by atoms with Crippen LogP contribution >= 0.6 is 11.6 Å². The number of fused-ring (bicyclic) bond motifs is 1. The molecule has 0 spiro atoms. The van der Waals surface area contributed by atoms with Crippen LogP contribution in [0.1, 0.15) is 36.3 Å². The zero-order chi connectivity index (χ0) is 22.3. The standard InChI is InChI=1S/C26H22ClN3O2/c1-17(19-10-6-3-7-11-19)30-23(31)16-26(25(30)32,15-18-8-4-2-5-9-18)24-28-21-13-12-20(27)14-22(21)29-24/h2-14,17H,15-16H2,1H3,(H,28,29)/t17-,26-/m1/s1. The molecule has 1 aromatic heterocycles. The number of aromatic nitrogens is 2. The number of rotatable bonds is 5. The van der Waals surface area contributed by atoms with Crippen LogP contribution < -0.4 is 0 Å². The minimum absolute atomic E-state index is 0.0610. The Morgan fingerprint density at radius 3 is 2.44 bits per heavy atom. The van der Waals surface area contributed by atoms with Crippen LogP contribution in [0.3, 0.4) is 0 Å². The largest absolute Gasteiger partial charge is 0.341 e. The molecule has 0 aliphatic carbocycles. The molecule has 160 valence electrons. The number of halogens is 1. The second kappa shape index (κ2) is 7.92. The lowest BCUT2D eigenvalue weighted by Gasteiger charge is -2.28. The SMILES string of the molecule is C[C@H](c1ccccc1)N1C(=O)C[C@](Cc2ccccc2)(c2nc3ccc(Cl)cc3[nH]2)C1=O. The molecule has 3 aromatic carbocycles. The van der Waals surface area contributed by atoms with E-state index in [0.29, 0.717) is 22.8 Å². The van der Waals surface area contributed by atoms with E-state index >= 15 is 0 Å². The first-order chi connectivity index (χ1) is 15.5. The Morgan fingerprint density at radius 1 is 1.03 bits per heavy atom. The number of benzene rings is 3. The summed E-state index contributed by atoms with van der Waals surface area (Å²) in [4.78, 5) is 36.7. The third kappa shape index (κ3) is 3.39. The van der Waals surface area contributed by atoms with Crippen LogP contribution in [0.15, 0.2) is 78.9 Å². The zero-order valence-electron chi connectivity index (χ0n) is 17.6. The minimum atomic E-state index is -1.10. The predicted molar refractivity (Wildman–Crippen MR) is 124 cm³/mol. The first-order valence-electron chi connectivity index (χ1n) is 10.6. The van der Waals surface area contributed by atoms with Crippen molar-refractivity contribution in [1.29, 1.82) is 0 Å². The fourth-order valence-electron chi connectivity index (χ4n) is 4.59. The lowest BCUT2D eigenvalue weighted by Crippen LogP contribution is -2.42. The van der Waals surface area contributed by atoms with Crippen LogP contribution in [0, 0.1) is 0 Å². The number of H-pyrrole nitrogens is 1. The molecule has 0 radical (unpaired) electrons. The van der Waals surface area contributed by atoms with Crippen LogP contribution in [-0.4, -0.2) is 26.7 Å². The van der Waals surface area contributed by atoms with Crippen LogP contribution in [0.25, 0.3) is 11.0 Å². The quantitative estimate of drug-likeness (QED) is 0.430. The van der Waals surface area contributed by atoms with Gasteiger partial charge in [-0.2, -0.15) is 0 Å². The van der Waals surface area contributed by atoms with E-state index in [1.54, 1.807) is 12.1 Å². The molecule has 0 saturated carbocycles. The third-order valence-corrected chi connectivity index (χ3v) is 6.50. The van der Waals surface area contributed by atoms with E-state index in [0.717, 1.165) is 16.6 Å². The maximum absolute atomic E-state index is 14.0. The Kier molecular flexibility index (Phi) is 5.06. The summed E-state index contributed by atoms with van der Waals surface area (Å²) in [7, 11) is 0. The summed E-state index contributed by atoms with van der Waals surface area (Å²) < 4.78 is 0. The topological polar surface area (TPSA) is 66.1 Å². The van der Waals surface area contributed by atoms with Gasteiger partial charge >= 0.3 is 0 Å². The fourth-order valence-corrected chi connectivity index (χ4v) is 4.77. The van der Waals surface area contributed by atoms with E-state index in [9.17, 15) is 9.59 Å². The van der Waals surface area contributed by atoms with Gasteiger partial charge in [0.05, 0.1) is 17.1 Å². The van der Waals surface area contributed by atoms with E-state index in [1.165, 1.54) is 4.90 Å². The highest BCUT2D eigenvalue weighted by atomic mass is 35.5. The van der Waals surface area contributed by atoms with E-state index in [2.05, 4.69) is 4.98 Å². The van der Waals surface area contributed by atoms with Crippen molar-refractivity contribution in [3.05, 3.63) is 101 Å². The van der Waals surface area contributed by atoms with Gasteiger partial charge in [0.1, 0.15) is 11.2 Å². The van der Waals surface area contributed by atoms with Gasteiger partial charge in [-0.1, -0.05) is 72.3 Å². The van der Waals surface area contributed by atoms with Crippen LogP contribution in [0.4, 0.5) is 0 Å². The third-order valence-electron chi connectivity index (χ3n) is 6.27. The van der Waals surface area contributed by atoms with E-state index in [4.69, 9.17) is 16.6 Å². The molecule has 2 amide bonds. The van der Waals surface area contributed by atoms with Gasteiger partial charge in [-0.15, -0.1) is 0 Å². The van der Waals surface area contributed by atoms with Gasteiger partial charge < -0.3 is 4.98 Å². The second-order valence-electron chi connectivity index (χ2n) is 8.32. The molecule has 1 aliphatic rings. The van der Waals surface area contributed by atoms with Crippen molar-refractivity contribution in [3.63, 3.8) is 0 Å². The zero-order valence-corrected chi connectivity index (χ0v) is 18.3. The first kappa shape index (κ1) is 20.5. The monoisotopic (exact) mass is 443 g/mol. The summed E-state index contributed by atoms with van der Waals surface area (Å²) in [6.07, 6.45) is 0.440. The van der Waals surface area contributed by atoms with Crippen molar-refractivity contribution in [1.82, 2.24) is 14.9 Å². The molecule has 1 saturated heterocycles. The van der Waals surface area contributed by atoms with Gasteiger partial charge in [0.2, 0.25) is 11.8 Å². The average Bonchev–Trinajstić information content (AvgIpc) is 3.33. The minimum Gasteiger partial charge on any atom is -0.341 e. The molecule has 0 bridgehead atoms. The van der Waals surface area contributed by atoms with Gasteiger partial charge in [-0.05, 0) is 42.7 Å². The predicted octanol–water partition coefficient (Wildman–Crippen LogP) is 5.22. The summed E-state index contributed by atoms with van der Waals surface area (Å²) in [5.41, 5.74) is 2.25. The number of amides is 2. The van der Waals surface area contributed by atoms with Gasteiger partial charge in [0, 0.05) is 11.4 Å². The first-order valence-corrected chi connectivity index (χ1v) is 11.0. The lowest BCUT2D eigenvalue weighted by molar-refractivity contribution is -0.142. The van der Waals surface area contributed by atoms with Crippen molar-refractivity contribution in [2.75, 3.05) is 0 Å². The molecule has 32 heavy (non-hydrogen) atoms. The van der Waals surface area contributed by atoms with Crippen molar-refractivity contribution in [2.24, 2.45) is 0 Å². The van der Waals surface area contributed by atoms with Crippen LogP contribution in [-0.2, 0) is 21.4 Å². The molecule has 2 atom stereocenters. The van der Waals surface area contributed by atoms with Crippen LogP contribution in [0.2, 0.25) is 5.02 Å². The number of hydrogen-bond donors (Lipinski definition) is 1. The van der Waals surface area contributed by atoms with Gasteiger partial charge in [0.15, 0.2) is 0 Å². The maximum Gasteiger partial charge on any atom is 0.244 e. The normalized spacial score (nSPS) is 19.6. The van der Waals surface area contributed by atoms with Gasteiger partial charge in [-0.3, -0.25) is 14.5 Å². The molecule has 2 heterocycles. The summed E-state index contributed by atoms with van der Waals surface area (Å²) in [5.74, 6) is 0.0772. The van der Waals surface area contributed by atoms with Crippen molar-refractivity contribution in [3.8, 4) is 0 Å². The van der Waals surface area contributed by atoms with Crippen molar-refractivity contribution >= 4 is 34.4 Å². The molecule has 1 aliphatic heterocycles. The fraction of sp³-hybridized carbons (Fsp3) is 0.192. The summed E-state index contributed by atoms with van der Waals surface area (Å²) in [5, 5.41) is 0.581. The summed E-state index contributed by atoms with van der Waals surface area (Å²) in [6.45, 7) is 1.89. The highest BCUT2D eigenvalue weighted by Gasteiger charge is 2.55. The Bertz CT molecular complexity index is 1300. The summed E-state index contributed by atoms with van der Waals surface area (Å²) in [6, 6.07) is 24.4. The number of nitrogens with zero attached hydrogens (tertiary/aromatic N) is 2. The van der Waals surface area contributed by atoms with E-state index in [-0.39, 0.29) is 24.3 Å². The molecular formula is C26H22ClN3O2. The molecular weight excluding hydrogens is 422 g/mol. The molecule has 4 aromatic rings. The number of imide groups is 1. The number of carbonyl (C=O) groups excluding carboxylic acids is 2. The Hall–Kier alpha value is -3.44. The highest BCUT2D eigenvalue weighted by molar-refractivity contribution is 6.31.